The Balaban J connectivity index is 1.13. The fraction of sp³-hybridized carbons (Fsp3) is 0. The number of rotatable bonds is 6. The number of hydrogen-bond donors (Lipinski definition) is 0. The molecule has 0 saturated carbocycles. The quantitative estimate of drug-likeness (QED) is 0.171. The monoisotopic (exact) mass is 733 g/mol. The van der Waals surface area contributed by atoms with Crippen LogP contribution in [0.4, 0.5) is 0 Å². The van der Waals surface area contributed by atoms with Crippen molar-refractivity contribution in [2.75, 3.05) is 0 Å². The molecule has 262 valence electrons. The zero-order valence-corrected chi connectivity index (χ0v) is 30.9. The van der Waals surface area contributed by atoms with Crippen molar-refractivity contribution in [2.45, 2.75) is 0 Å². The van der Waals surface area contributed by atoms with E-state index in [0.717, 1.165) is 65.6 Å². The highest BCUT2D eigenvalue weighted by Crippen LogP contribution is 2.47. The maximum absolute atomic E-state index is 6.60. The summed E-state index contributed by atoms with van der Waals surface area (Å²) < 4.78 is 8.94. The van der Waals surface area contributed by atoms with Crippen LogP contribution in [-0.2, 0) is 0 Å². The maximum atomic E-state index is 6.60. The molecule has 0 amide bonds. The van der Waals surface area contributed by atoms with Crippen LogP contribution in [0, 0.1) is 0 Å². The fourth-order valence-corrected chi connectivity index (χ4v) is 9.13. The summed E-state index contributed by atoms with van der Waals surface area (Å²) in [4.78, 5) is 15.2. The van der Waals surface area contributed by atoms with Gasteiger partial charge in [-0.3, -0.25) is 0 Å². The molecular formula is C51H31N3OS. The van der Waals surface area contributed by atoms with Crippen LogP contribution in [0.5, 0.6) is 0 Å². The van der Waals surface area contributed by atoms with Crippen molar-refractivity contribution in [1.29, 1.82) is 0 Å². The predicted molar refractivity (Wildman–Crippen MR) is 233 cm³/mol. The summed E-state index contributed by atoms with van der Waals surface area (Å²) in [6.07, 6.45) is 0. The number of nitrogens with zero attached hydrogens (tertiary/aromatic N) is 3. The Bertz CT molecular complexity index is 3170. The molecule has 0 saturated heterocycles. The largest absolute Gasteiger partial charge is 0.456 e. The third-order valence-electron chi connectivity index (χ3n) is 10.6. The van der Waals surface area contributed by atoms with E-state index < -0.39 is 0 Å². The van der Waals surface area contributed by atoms with Gasteiger partial charge in [0.1, 0.15) is 11.2 Å². The third kappa shape index (κ3) is 5.48. The van der Waals surface area contributed by atoms with Crippen LogP contribution in [0.3, 0.4) is 0 Å². The van der Waals surface area contributed by atoms with Crippen LogP contribution in [0.25, 0.3) is 110 Å². The third-order valence-corrected chi connectivity index (χ3v) is 11.8. The molecule has 0 radical (unpaired) electrons. The van der Waals surface area contributed by atoms with Crippen molar-refractivity contribution in [2.24, 2.45) is 0 Å². The Kier molecular flexibility index (Phi) is 7.64. The second kappa shape index (κ2) is 13.3. The Morgan fingerprint density at radius 3 is 1.57 bits per heavy atom. The van der Waals surface area contributed by atoms with E-state index in [2.05, 4.69) is 121 Å². The van der Waals surface area contributed by atoms with Crippen molar-refractivity contribution < 1.29 is 4.42 Å². The number of benzene rings is 8. The van der Waals surface area contributed by atoms with Crippen LogP contribution in [-0.4, -0.2) is 15.0 Å². The Morgan fingerprint density at radius 2 is 0.875 bits per heavy atom. The molecule has 3 heterocycles. The van der Waals surface area contributed by atoms with Crippen LogP contribution in [0.15, 0.2) is 192 Å². The normalized spacial score (nSPS) is 11.6. The molecule has 0 fully saturated rings. The molecule has 3 aromatic heterocycles. The number of para-hydroxylation sites is 1. The molecule has 0 atom stereocenters. The fourth-order valence-electron chi connectivity index (χ4n) is 7.90. The SMILES string of the molecule is c1ccc(-c2ccc(-c3cc(-c4cccc5sc6c(-c7nc(-c8ccccc8)nc(-c8ccccc8)n7)cccc6c45)c4c(c3)oc3ccccc34)cc2)cc1. The van der Waals surface area contributed by atoms with Gasteiger partial charge in [-0.15, -0.1) is 11.3 Å². The Morgan fingerprint density at radius 1 is 0.339 bits per heavy atom. The van der Waals surface area contributed by atoms with Crippen molar-refractivity contribution in [1.82, 2.24) is 15.0 Å². The molecule has 0 aliphatic rings. The van der Waals surface area contributed by atoms with E-state index >= 15 is 0 Å². The van der Waals surface area contributed by atoms with Crippen LogP contribution in [0.2, 0.25) is 0 Å². The van der Waals surface area contributed by atoms with Gasteiger partial charge in [0, 0.05) is 47.6 Å². The van der Waals surface area contributed by atoms with Crippen molar-refractivity contribution >= 4 is 53.4 Å². The van der Waals surface area contributed by atoms with E-state index in [1.807, 2.05) is 66.7 Å². The first kappa shape index (κ1) is 32.2. The average molecular weight is 734 g/mol. The number of hydrogen-bond acceptors (Lipinski definition) is 5. The summed E-state index contributed by atoms with van der Waals surface area (Å²) in [5.41, 5.74) is 11.6. The minimum Gasteiger partial charge on any atom is -0.456 e. The van der Waals surface area contributed by atoms with Gasteiger partial charge in [-0.2, -0.15) is 0 Å². The maximum Gasteiger partial charge on any atom is 0.165 e. The van der Waals surface area contributed by atoms with Crippen molar-refractivity contribution in [3.8, 4) is 67.5 Å². The van der Waals surface area contributed by atoms with E-state index in [0.29, 0.717) is 17.5 Å². The smallest absolute Gasteiger partial charge is 0.165 e. The van der Waals surface area contributed by atoms with Crippen molar-refractivity contribution in [3.63, 3.8) is 0 Å². The Hall–Kier alpha value is -7.21. The van der Waals surface area contributed by atoms with Gasteiger partial charge >= 0.3 is 0 Å². The van der Waals surface area contributed by atoms with Gasteiger partial charge in [0.05, 0.1) is 0 Å². The number of fused-ring (bicyclic) bond motifs is 6. The van der Waals surface area contributed by atoms with E-state index in [1.165, 1.54) is 26.6 Å². The predicted octanol–water partition coefficient (Wildman–Crippen LogP) is 14.1. The summed E-state index contributed by atoms with van der Waals surface area (Å²) in [6.45, 7) is 0. The molecule has 11 rings (SSSR count). The molecule has 0 N–H and O–H groups in total. The lowest BCUT2D eigenvalue weighted by Crippen LogP contribution is -2.00. The highest BCUT2D eigenvalue weighted by molar-refractivity contribution is 7.26. The minimum absolute atomic E-state index is 0.649. The lowest BCUT2D eigenvalue weighted by molar-refractivity contribution is 0.669. The van der Waals surface area contributed by atoms with E-state index in [4.69, 9.17) is 19.4 Å². The standard InChI is InChI=1S/C51H31N3OS/c1-4-14-32(15-5-1)33-26-28-34(29-27-33)37-30-42(46-39-20-10-11-24-43(39)55-44(46)31-37)38-21-13-25-45-47(38)40-22-12-23-41(48(40)56-45)51-53-49(35-16-6-2-7-17-35)52-50(54-51)36-18-8-3-9-19-36/h1-31H. The number of furan rings is 1. The van der Waals surface area contributed by atoms with Gasteiger partial charge in [0.25, 0.3) is 0 Å². The molecule has 11 aromatic rings. The highest BCUT2D eigenvalue weighted by Gasteiger charge is 2.21. The lowest BCUT2D eigenvalue weighted by Gasteiger charge is -2.11. The molecular weight excluding hydrogens is 703 g/mol. The van der Waals surface area contributed by atoms with E-state index in [9.17, 15) is 0 Å². The first-order chi connectivity index (χ1) is 27.7. The van der Waals surface area contributed by atoms with Gasteiger partial charge in [-0.1, -0.05) is 158 Å². The van der Waals surface area contributed by atoms with Gasteiger partial charge in [-0.05, 0) is 63.7 Å². The molecule has 4 nitrogen and oxygen atoms in total. The number of aromatic nitrogens is 3. The molecule has 0 spiro atoms. The van der Waals surface area contributed by atoms with E-state index in [1.54, 1.807) is 11.3 Å². The summed E-state index contributed by atoms with van der Waals surface area (Å²) >= 11 is 1.78. The summed E-state index contributed by atoms with van der Waals surface area (Å²) in [5.74, 6) is 1.95. The summed E-state index contributed by atoms with van der Waals surface area (Å²) in [5, 5.41) is 4.59. The zero-order chi connectivity index (χ0) is 37.0. The second-order valence-electron chi connectivity index (χ2n) is 13.9. The van der Waals surface area contributed by atoms with Gasteiger partial charge in [0.15, 0.2) is 17.5 Å². The summed E-state index contributed by atoms with van der Waals surface area (Å²) in [7, 11) is 0. The van der Waals surface area contributed by atoms with Crippen LogP contribution >= 0.6 is 11.3 Å². The van der Waals surface area contributed by atoms with Gasteiger partial charge < -0.3 is 4.42 Å². The molecule has 56 heavy (non-hydrogen) atoms. The van der Waals surface area contributed by atoms with Gasteiger partial charge in [-0.25, -0.2) is 15.0 Å². The summed E-state index contributed by atoms with van der Waals surface area (Å²) in [6, 6.07) is 65.7. The molecule has 0 aliphatic carbocycles. The Labute approximate surface area is 327 Å². The average Bonchev–Trinajstić information content (AvgIpc) is 3.86. The van der Waals surface area contributed by atoms with Crippen LogP contribution < -0.4 is 0 Å². The van der Waals surface area contributed by atoms with Crippen LogP contribution in [0.1, 0.15) is 0 Å². The number of thiophene rings is 1. The molecule has 0 unspecified atom stereocenters. The van der Waals surface area contributed by atoms with E-state index in [-0.39, 0.29) is 0 Å². The minimum atomic E-state index is 0.649. The zero-order valence-electron chi connectivity index (χ0n) is 30.1. The van der Waals surface area contributed by atoms with Crippen molar-refractivity contribution in [3.05, 3.63) is 188 Å². The first-order valence-corrected chi connectivity index (χ1v) is 19.5. The first-order valence-electron chi connectivity index (χ1n) is 18.7. The second-order valence-corrected chi connectivity index (χ2v) is 15.0. The molecule has 5 heteroatoms. The molecule has 0 bridgehead atoms. The molecule has 0 aliphatic heterocycles. The molecule has 8 aromatic carbocycles. The van der Waals surface area contributed by atoms with Gasteiger partial charge in [0.2, 0.25) is 0 Å². The lowest BCUT2D eigenvalue weighted by atomic mass is 9.91. The topological polar surface area (TPSA) is 51.8 Å². The highest BCUT2D eigenvalue weighted by atomic mass is 32.1.